The van der Waals surface area contributed by atoms with Crippen molar-refractivity contribution in [2.45, 2.75) is 0 Å². The van der Waals surface area contributed by atoms with Gasteiger partial charge in [-0.1, -0.05) is 145 Å². The highest BCUT2D eigenvalue weighted by Crippen LogP contribution is 2.47. The molecular weight excluding hydrogens is 531 g/mol. The number of hydrogen-bond donors (Lipinski definition) is 1. The van der Waals surface area contributed by atoms with Crippen LogP contribution in [-0.2, 0) is 0 Å². The quantitative estimate of drug-likeness (QED) is 0.196. The lowest BCUT2D eigenvalue weighted by molar-refractivity contribution is 1.16. The maximum absolute atomic E-state index is 6.84. The highest BCUT2D eigenvalue weighted by molar-refractivity contribution is 6.34. The zero-order valence-electron chi connectivity index (χ0n) is 21.6. The summed E-state index contributed by atoms with van der Waals surface area (Å²) in [4.78, 5) is 0. The Kier molecular flexibility index (Phi) is 7.54. The molecule has 6 aromatic rings. The molecule has 2 nitrogen and oxygen atoms in total. The monoisotopic (exact) mass is 556 g/mol. The molecule has 0 aromatic heterocycles. The van der Waals surface area contributed by atoms with Gasteiger partial charge in [-0.15, -0.1) is 0 Å². The number of benzene rings is 6. The summed E-state index contributed by atoms with van der Waals surface area (Å²) in [5.74, 6) is 0. The molecule has 6 aromatic carbocycles. The minimum absolute atomic E-state index is 0.616. The minimum atomic E-state index is 0.616. The zero-order valence-corrected chi connectivity index (χ0v) is 23.1. The molecule has 0 saturated heterocycles. The van der Waals surface area contributed by atoms with Crippen LogP contribution in [0.4, 0.5) is 17.1 Å². The van der Waals surface area contributed by atoms with Gasteiger partial charge in [0.05, 0.1) is 27.1 Å². The Bertz CT molecular complexity index is 1740. The van der Waals surface area contributed by atoms with E-state index in [-0.39, 0.29) is 0 Å². The Morgan fingerprint density at radius 2 is 0.900 bits per heavy atom. The third-order valence-electron chi connectivity index (χ3n) is 6.83. The molecule has 0 amide bonds. The van der Waals surface area contributed by atoms with Crippen LogP contribution in [-0.4, -0.2) is 0 Å². The van der Waals surface area contributed by atoms with Crippen LogP contribution in [0.2, 0.25) is 10.0 Å². The SMILES string of the molecule is Clc1ccccc1NN(c1ccccc1Cl)c1ccc(-c2ccccc2)c(-c2ccccc2)c1-c1ccccc1. The first-order valence-corrected chi connectivity index (χ1v) is 13.9. The van der Waals surface area contributed by atoms with Crippen molar-refractivity contribution in [1.29, 1.82) is 0 Å². The second-order valence-electron chi connectivity index (χ2n) is 9.36. The zero-order chi connectivity index (χ0) is 27.3. The fourth-order valence-electron chi connectivity index (χ4n) is 4.99. The Balaban J connectivity index is 1.70. The lowest BCUT2D eigenvalue weighted by atomic mass is 9.86. The molecular formula is C36H26Cl2N2. The maximum Gasteiger partial charge on any atom is 0.0816 e. The third kappa shape index (κ3) is 5.20. The van der Waals surface area contributed by atoms with Crippen molar-refractivity contribution >= 4 is 40.3 Å². The lowest BCUT2D eigenvalue weighted by Gasteiger charge is -2.31. The van der Waals surface area contributed by atoms with Crippen molar-refractivity contribution in [3.05, 3.63) is 162 Å². The number of halogens is 2. The Morgan fingerprint density at radius 1 is 0.400 bits per heavy atom. The molecule has 0 fully saturated rings. The van der Waals surface area contributed by atoms with E-state index in [1.54, 1.807) is 0 Å². The van der Waals surface area contributed by atoms with Gasteiger partial charge in [0.25, 0.3) is 0 Å². The largest absolute Gasteiger partial charge is 0.292 e. The first-order chi connectivity index (χ1) is 19.7. The van der Waals surface area contributed by atoms with Gasteiger partial charge in [0, 0.05) is 5.56 Å². The molecule has 0 heterocycles. The van der Waals surface area contributed by atoms with Gasteiger partial charge in [-0.05, 0) is 58.1 Å². The molecule has 4 heteroatoms. The molecule has 0 saturated carbocycles. The normalized spacial score (nSPS) is 10.8. The fourth-order valence-corrected chi connectivity index (χ4v) is 5.39. The third-order valence-corrected chi connectivity index (χ3v) is 7.48. The molecule has 194 valence electrons. The summed E-state index contributed by atoms with van der Waals surface area (Å²) < 4.78 is 0. The first kappa shape index (κ1) is 25.8. The molecule has 0 aliphatic carbocycles. The summed E-state index contributed by atoms with van der Waals surface area (Å²) in [6, 6.07) is 51.5. The highest BCUT2D eigenvalue weighted by Gasteiger charge is 2.24. The highest BCUT2D eigenvalue weighted by atomic mass is 35.5. The van der Waals surface area contributed by atoms with E-state index in [0.29, 0.717) is 10.0 Å². The second-order valence-corrected chi connectivity index (χ2v) is 10.2. The van der Waals surface area contributed by atoms with Crippen LogP contribution in [0.25, 0.3) is 33.4 Å². The standard InChI is InChI=1S/C36H26Cl2N2/c37-30-20-10-12-22-32(30)39-40(33-23-13-11-21-31(33)38)34-25-24-29(26-14-4-1-5-15-26)35(27-16-6-2-7-17-27)36(34)28-18-8-3-9-19-28/h1-25,39H. The molecule has 0 unspecified atom stereocenters. The van der Waals surface area contributed by atoms with Gasteiger partial charge in [-0.2, -0.15) is 0 Å². The van der Waals surface area contributed by atoms with Gasteiger partial charge >= 0.3 is 0 Å². The van der Waals surface area contributed by atoms with Gasteiger partial charge in [0.1, 0.15) is 0 Å². The summed E-state index contributed by atoms with van der Waals surface area (Å²) >= 11 is 13.5. The van der Waals surface area contributed by atoms with Crippen LogP contribution in [0, 0.1) is 0 Å². The average molecular weight is 558 g/mol. The van der Waals surface area contributed by atoms with Crippen LogP contribution >= 0.6 is 23.2 Å². The molecule has 0 bridgehead atoms. The van der Waals surface area contributed by atoms with Crippen molar-refractivity contribution in [1.82, 2.24) is 0 Å². The number of nitrogens with one attached hydrogen (secondary N) is 1. The molecule has 6 rings (SSSR count). The summed E-state index contributed by atoms with van der Waals surface area (Å²) in [6.45, 7) is 0. The maximum atomic E-state index is 6.84. The van der Waals surface area contributed by atoms with Crippen LogP contribution < -0.4 is 10.4 Å². The van der Waals surface area contributed by atoms with E-state index in [1.807, 2.05) is 71.7 Å². The van der Waals surface area contributed by atoms with Gasteiger partial charge in [0.2, 0.25) is 0 Å². The molecule has 0 aliphatic heterocycles. The first-order valence-electron chi connectivity index (χ1n) is 13.1. The van der Waals surface area contributed by atoms with Gasteiger partial charge in [0.15, 0.2) is 0 Å². The molecule has 0 aliphatic rings. The van der Waals surface area contributed by atoms with E-state index in [0.717, 1.165) is 50.4 Å². The number of hydrazine groups is 1. The van der Waals surface area contributed by atoms with Crippen molar-refractivity contribution in [3.63, 3.8) is 0 Å². The summed E-state index contributed by atoms with van der Waals surface area (Å²) in [7, 11) is 0. The van der Waals surface area contributed by atoms with Crippen LogP contribution in [0.15, 0.2) is 152 Å². The lowest BCUT2D eigenvalue weighted by Crippen LogP contribution is -2.26. The van der Waals surface area contributed by atoms with E-state index < -0.39 is 0 Å². The number of hydrogen-bond acceptors (Lipinski definition) is 2. The summed E-state index contributed by atoms with van der Waals surface area (Å²) in [6.07, 6.45) is 0. The number of anilines is 3. The van der Waals surface area contributed by atoms with E-state index >= 15 is 0 Å². The van der Waals surface area contributed by atoms with E-state index in [2.05, 4.69) is 90.4 Å². The minimum Gasteiger partial charge on any atom is -0.292 e. The Hall–Kier alpha value is -4.50. The van der Waals surface area contributed by atoms with Crippen LogP contribution in [0.3, 0.4) is 0 Å². The topological polar surface area (TPSA) is 15.3 Å². The summed E-state index contributed by atoms with van der Waals surface area (Å²) in [5.41, 5.74) is 12.8. The average Bonchev–Trinajstić information content (AvgIpc) is 3.02. The van der Waals surface area contributed by atoms with Crippen molar-refractivity contribution in [2.24, 2.45) is 0 Å². The van der Waals surface area contributed by atoms with Crippen molar-refractivity contribution < 1.29 is 0 Å². The smallest absolute Gasteiger partial charge is 0.0816 e. The predicted octanol–water partition coefficient (Wildman–Crippen LogP) is 11.2. The molecule has 1 N–H and O–H groups in total. The number of rotatable bonds is 7. The molecule has 40 heavy (non-hydrogen) atoms. The number of nitrogens with zero attached hydrogens (tertiary/aromatic N) is 1. The fraction of sp³-hybridized carbons (Fsp3) is 0. The van der Waals surface area contributed by atoms with Gasteiger partial charge < -0.3 is 0 Å². The Labute approximate surface area is 245 Å². The van der Waals surface area contributed by atoms with Crippen LogP contribution in [0.5, 0.6) is 0 Å². The molecule has 0 atom stereocenters. The van der Waals surface area contributed by atoms with Gasteiger partial charge in [-0.3, -0.25) is 10.4 Å². The molecule has 0 radical (unpaired) electrons. The van der Waals surface area contributed by atoms with E-state index in [4.69, 9.17) is 23.2 Å². The summed E-state index contributed by atoms with van der Waals surface area (Å²) in [5, 5.41) is 3.27. The van der Waals surface area contributed by atoms with Crippen molar-refractivity contribution in [3.8, 4) is 33.4 Å². The van der Waals surface area contributed by atoms with Crippen LogP contribution in [0.1, 0.15) is 0 Å². The molecule has 0 spiro atoms. The van der Waals surface area contributed by atoms with Crippen molar-refractivity contribution in [2.75, 3.05) is 10.4 Å². The predicted molar refractivity (Wildman–Crippen MR) is 171 cm³/mol. The second kappa shape index (κ2) is 11.7. The Morgan fingerprint density at radius 3 is 1.50 bits per heavy atom. The number of para-hydroxylation sites is 2. The van der Waals surface area contributed by atoms with E-state index in [9.17, 15) is 0 Å². The van der Waals surface area contributed by atoms with Gasteiger partial charge in [-0.25, -0.2) is 0 Å². The van der Waals surface area contributed by atoms with E-state index in [1.165, 1.54) is 0 Å².